The van der Waals surface area contributed by atoms with E-state index < -0.39 is 0 Å². The SMILES string of the molecule is O=C(NCCC1CC1)c1cc(I)ccc1O. The van der Waals surface area contributed by atoms with E-state index in [0.717, 1.165) is 15.9 Å². The first-order chi connectivity index (χ1) is 7.66. The fraction of sp³-hybridized carbons (Fsp3) is 0.417. The van der Waals surface area contributed by atoms with Crippen LogP contribution in [0.4, 0.5) is 0 Å². The van der Waals surface area contributed by atoms with Gasteiger partial charge in [-0.15, -0.1) is 0 Å². The standard InChI is InChI=1S/C12H14INO2/c13-9-3-4-11(15)10(7-9)12(16)14-6-5-8-1-2-8/h3-4,7-8,15H,1-2,5-6H2,(H,14,16). The molecule has 1 aliphatic rings. The van der Waals surface area contributed by atoms with E-state index in [1.807, 2.05) is 0 Å². The summed E-state index contributed by atoms with van der Waals surface area (Å²) in [5, 5.41) is 12.4. The molecule has 4 heteroatoms. The molecule has 0 bridgehead atoms. The van der Waals surface area contributed by atoms with Crippen molar-refractivity contribution in [3.05, 3.63) is 27.3 Å². The Labute approximate surface area is 108 Å². The van der Waals surface area contributed by atoms with E-state index in [2.05, 4.69) is 27.9 Å². The minimum absolute atomic E-state index is 0.0457. The average molecular weight is 331 g/mol. The van der Waals surface area contributed by atoms with Crippen molar-refractivity contribution in [1.82, 2.24) is 5.32 Å². The molecule has 1 aromatic rings. The molecule has 0 radical (unpaired) electrons. The second kappa shape index (κ2) is 5.03. The number of phenolic OH excluding ortho intramolecular Hbond substituents is 1. The van der Waals surface area contributed by atoms with Gasteiger partial charge in [-0.1, -0.05) is 12.8 Å². The lowest BCUT2D eigenvalue weighted by Gasteiger charge is -2.06. The Kier molecular flexibility index (Phi) is 3.68. The highest BCUT2D eigenvalue weighted by Gasteiger charge is 2.21. The molecule has 0 atom stereocenters. The van der Waals surface area contributed by atoms with Gasteiger partial charge in [0.2, 0.25) is 0 Å². The third-order valence-electron chi connectivity index (χ3n) is 2.74. The Morgan fingerprint density at radius 3 is 2.94 bits per heavy atom. The molecule has 0 aromatic heterocycles. The van der Waals surface area contributed by atoms with Crippen LogP contribution in [0.1, 0.15) is 29.6 Å². The van der Waals surface area contributed by atoms with Crippen LogP contribution in [0.2, 0.25) is 0 Å². The van der Waals surface area contributed by atoms with E-state index in [1.54, 1.807) is 18.2 Å². The van der Waals surface area contributed by atoms with Crippen molar-refractivity contribution in [2.45, 2.75) is 19.3 Å². The zero-order chi connectivity index (χ0) is 11.5. The third-order valence-corrected chi connectivity index (χ3v) is 3.41. The molecule has 1 amide bonds. The monoisotopic (exact) mass is 331 g/mol. The maximum Gasteiger partial charge on any atom is 0.255 e. The molecular formula is C12H14INO2. The van der Waals surface area contributed by atoms with Gasteiger partial charge in [-0.2, -0.15) is 0 Å². The van der Waals surface area contributed by atoms with E-state index in [1.165, 1.54) is 12.8 Å². The molecular weight excluding hydrogens is 317 g/mol. The van der Waals surface area contributed by atoms with E-state index in [0.29, 0.717) is 12.1 Å². The van der Waals surface area contributed by atoms with Gasteiger partial charge in [0.05, 0.1) is 5.56 Å². The number of rotatable bonds is 4. The number of carbonyl (C=O) groups is 1. The fourth-order valence-corrected chi connectivity index (χ4v) is 2.07. The maximum absolute atomic E-state index is 11.7. The Bertz CT molecular complexity index is 402. The van der Waals surface area contributed by atoms with Crippen LogP contribution in [0.3, 0.4) is 0 Å². The smallest absolute Gasteiger partial charge is 0.255 e. The first kappa shape index (κ1) is 11.7. The summed E-state index contributed by atoms with van der Waals surface area (Å²) < 4.78 is 0.947. The highest BCUT2D eigenvalue weighted by Crippen LogP contribution is 2.31. The molecule has 0 heterocycles. The lowest BCUT2D eigenvalue weighted by atomic mass is 10.2. The van der Waals surface area contributed by atoms with Crippen molar-refractivity contribution in [2.75, 3.05) is 6.54 Å². The van der Waals surface area contributed by atoms with Crippen LogP contribution in [-0.4, -0.2) is 17.6 Å². The molecule has 1 saturated carbocycles. The molecule has 1 fully saturated rings. The molecule has 1 aliphatic carbocycles. The van der Waals surface area contributed by atoms with Crippen LogP contribution >= 0.6 is 22.6 Å². The summed E-state index contributed by atoms with van der Waals surface area (Å²) in [7, 11) is 0. The average Bonchev–Trinajstić information content (AvgIpc) is 3.05. The maximum atomic E-state index is 11.7. The van der Waals surface area contributed by atoms with E-state index in [-0.39, 0.29) is 11.7 Å². The predicted octanol–water partition coefficient (Wildman–Crippen LogP) is 2.53. The van der Waals surface area contributed by atoms with Gasteiger partial charge in [0.15, 0.2) is 0 Å². The summed E-state index contributed by atoms with van der Waals surface area (Å²) in [5.41, 5.74) is 0.364. The molecule has 2 rings (SSSR count). The van der Waals surface area contributed by atoms with Crippen molar-refractivity contribution in [1.29, 1.82) is 0 Å². The number of carbonyl (C=O) groups excluding carboxylic acids is 1. The van der Waals surface area contributed by atoms with Gasteiger partial charge in [0.1, 0.15) is 5.75 Å². The summed E-state index contributed by atoms with van der Waals surface area (Å²) in [6.07, 6.45) is 3.64. The van der Waals surface area contributed by atoms with Gasteiger partial charge < -0.3 is 10.4 Å². The van der Waals surface area contributed by atoms with E-state index in [4.69, 9.17) is 0 Å². The Hall–Kier alpha value is -0.780. The quantitative estimate of drug-likeness (QED) is 0.833. The molecule has 16 heavy (non-hydrogen) atoms. The number of hydrogen-bond acceptors (Lipinski definition) is 2. The fourth-order valence-electron chi connectivity index (χ4n) is 1.58. The molecule has 0 spiro atoms. The zero-order valence-electron chi connectivity index (χ0n) is 8.87. The summed E-state index contributed by atoms with van der Waals surface area (Å²) in [4.78, 5) is 11.7. The normalized spacial score (nSPS) is 14.8. The highest BCUT2D eigenvalue weighted by molar-refractivity contribution is 14.1. The van der Waals surface area contributed by atoms with Crippen LogP contribution in [0.25, 0.3) is 0 Å². The van der Waals surface area contributed by atoms with Crippen molar-refractivity contribution in [3.8, 4) is 5.75 Å². The summed E-state index contributed by atoms with van der Waals surface area (Å²) >= 11 is 2.12. The van der Waals surface area contributed by atoms with E-state index >= 15 is 0 Å². The minimum Gasteiger partial charge on any atom is -0.507 e. The van der Waals surface area contributed by atoms with Crippen LogP contribution in [-0.2, 0) is 0 Å². The van der Waals surface area contributed by atoms with Crippen LogP contribution < -0.4 is 5.32 Å². The second-order valence-corrected chi connectivity index (χ2v) is 5.40. The molecule has 2 N–H and O–H groups in total. The molecule has 3 nitrogen and oxygen atoms in total. The third kappa shape index (κ3) is 3.10. The highest BCUT2D eigenvalue weighted by atomic mass is 127. The second-order valence-electron chi connectivity index (χ2n) is 4.15. The summed E-state index contributed by atoms with van der Waals surface area (Å²) in [6, 6.07) is 5.02. The van der Waals surface area contributed by atoms with Gasteiger partial charge in [-0.3, -0.25) is 4.79 Å². The largest absolute Gasteiger partial charge is 0.507 e. The zero-order valence-corrected chi connectivity index (χ0v) is 11.0. The summed E-state index contributed by atoms with van der Waals surface area (Å²) in [5.74, 6) is 0.672. The van der Waals surface area contributed by atoms with Gasteiger partial charge in [0.25, 0.3) is 5.91 Å². The van der Waals surface area contributed by atoms with Crippen LogP contribution in [0, 0.1) is 9.49 Å². The molecule has 86 valence electrons. The molecule has 1 aromatic carbocycles. The van der Waals surface area contributed by atoms with Gasteiger partial charge in [0, 0.05) is 10.1 Å². The predicted molar refractivity (Wildman–Crippen MR) is 70.5 cm³/mol. The van der Waals surface area contributed by atoms with Crippen molar-refractivity contribution < 1.29 is 9.90 Å². The van der Waals surface area contributed by atoms with Crippen LogP contribution in [0.5, 0.6) is 5.75 Å². The summed E-state index contributed by atoms with van der Waals surface area (Å²) in [6.45, 7) is 0.703. The molecule has 0 aliphatic heterocycles. The number of hydrogen-bond donors (Lipinski definition) is 2. The minimum atomic E-state index is -0.184. The van der Waals surface area contributed by atoms with Gasteiger partial charge in [-0.05, 0) is 53.1 Å². The van der Waals surface area contributed by atoms with Gasteiger partial charge >= 0.3 is 0 Å². The van der Waals surface area contributed by atoms with Crippen molar-refractivity contribution in [3.63, 3.8) is 0 Å². The first-order valence-electron chi connectivity index (χ1n) is 5.43. The number of nitrogens with one attached hydrogen (secondary N) is 1. The Balaban J connectivity index is 1.93. The lowest BCUT2D eigenvalue weighted by molar-refractivity contribution is 0.0950. The number of halogens is 1. The number of amides is 1. The molecule has 0 unspecified atom stereocenters. The number of aromatic hydroxyl groups is 1. The van der Waals surface area contributed by atoms with E-state index in [9.17, 15) is 9.90 Å². The lowest BCUT2D eigenvalue weighted by Crippen LogP contribution is -2.24. The Morgan fingerprint density at radius 1 is 1.50 bits per heavy atom. The van der Waals surface area contributed by atoms with Crippen molar-refractivity contribution >= 4 is 28.5 Å². The Morgan fingerprint density at radius 2 is 2.25 bits per heavy atom. The number of phenols is 1. The topological polar surface area (TPSA) is 49.3 Å². The number of benzene rings is 1. The van der Waals surface area contributed by atoms with Gasteiger partial charge in [-0.25, -0.2) is 0 Å². The molecule has 0 saturated heterocycles. The van der Waals surface area contributed by atoms with Crippen LogP contribution in [0.15, 0.2) is 18.2 Å². The first-order valence-corrected chi connectivity index (χ1v) is 6.51. The van der Waals surface area contributed by atoms with Crippen molar-refractivity contribution in [2.24, 2.45) is 5.92 Å².